The van der Waals surface area contributed by atoms with Crippen LogP contribution in [0.3, 0.4) is 0 Å². The standard InChI is InChI=1S/C11H20OSi3/c1-14(2)10-9-12-13-15(14,3)11-7-5-4-6-8-11/h4-8H,9-10,13H2,1-3H3. The van der Waals surface area contributed by atoms with E-state index in [4.69, 9.17) is 4.43 Å². The Kier molecular flexibility index (Phi) is 3.03. The summed E-state index contributed by atoms with van der Waals surface area (Å²) in [6, 6.07) is 12.6. The van der Waals surface area contributed by atoms with Crippen molar-refractivity contribution in [2.75, 3.05) is 6.61 Å². The third-order valence-electron chi connectivity index (χ3n) is 4.17. The molecule has 1 nitrogen and oxygen atoms in total. The molecule has 0 aliphatic carbocycles. The van der Waals surface area contributed by atoms with Gasteiger partial charge in [0.05, 0.1) is 7.11 Å². The van der Waals surface area contributed by atoms with Crippen LogP contribution in [0.25, 0.3) is 0 Å². The van der Waals surface area contributed by atoms with Crippen molar-refractivity contribution in [2.45, 2.75) is 25.7 Å². The Labute approximate surface area is 96.4 Å². The first kappa shape index (κ1) is 11.3. The second-order valence-corrected chi connectivity index (χ2v) is 28.2. The van der Waals surface area contributed by atoms with E-state index in [-0.39, 0.29) is 9.28 Å². The van der Waals surface area contributed by atoms with Crippen molar-refractivity contribution >= 4 is 29.2 Å². The van der Waals surface area contributed by atoms with Gasteiger partial charge in [-0.2, -0.15) is 0 Å². The van der Waals surface area contributed by atoms with Crippen LogP contribution in [-0.2, 0) is 4.43 Å². The lowest BCUT2D eigenvalue weighted by molar-refractivity contribution is 0.364. The maximum absolute atomic E-state index is 5.91. The Balaban J connectivity index is 2.40. The monoisotopic (exact) mass is 252 g/mol. The molecule has 15 heavy (non-hydrogen) atoms. The summed E-state index contributed by atoms with van der Waals surface area (Å²) in [5.74, 6) is 0. The van der Waals surface area contributed by atoms with E-state index in [9.17, 15) is 0 Å². The predicted molar refractivity (Wildman–Crippen MR) is 74.5 cm³/mol. The minimum Gasteiger partial charge on any atom is -0.427 e. The average molecular weight is 253 g/mol. The maximum atomic E-state index is 5.91. The quantitative estimate of drug-likeness (QED) is 0.686. The molecular weight excluding hydrogens is 232 g/mol. The van der Waals surface area contributed by atoms with E-state index in [1.807, 2.05) is 0 Å². The lowest BCUT2D eigenvalue weighted by Gasteiger charge is -2.44. The molecule has 0 radical (unpaired) electrons. The Bertz CT molecular complexity index is 339. The van der Waals surface area contributed by atoms with Gasteiger partial charge in [-0.25, -0.2) is 0 Å². The highest BCUT2D eigenvalue weighted by Gasteiger charge is 2.48. The molecule has 0 aromatic heterocycles. The Morgan fingerprint density at radius 3 is 2.40 bits per heavy atom. The highest BCUT2D eigenvalue weighted by atomic mass is 29.6. The molecule has 4 heteroatoms. The van der Waals surface area contributed by atoms with Gasteiger partial charge in [0.1, 0.15) is 0 Å². The van der Waals surface area contributed by atoms with Gasteiger partial charge >= 0.3 is 0 Å². The highest BCUT2D eigenvalue weighted by Crippen LogP contribution is 2.26. The molecule has 1 atom stereocenters. The number of benzene rings is 1. The van der Waals surface area contributed by atoms with Crippen LogP contribution < -0.4 is 5.19 Å². The lowest BCUT2D eigenvalue weighted by Crippen LogP contribution is -2.72. The van der Waals surface area contributed by atoms with E-state index >= 15 is 0 Å². The molecule has 1 fully saturated rings. The minimum atomic E-state index is -1.18. The zero-order valence-corrected chi connectivity index (χ0v) is 13.3. The summed E-state index contributed by atoms with van der Waals surface area (Å²) < 4.78 is 5.91. The van der Waals surface area contributed by atoms with Crippen molar-refractivity contribution < 1.29 is 4.43 Å². The van der Waals surface area contributed by atoms with Crippen molar-refractivity contribution in [2.24, 2.45) is 0 Å². The summed E-state index contributed by atoms with van der Waals surface area (Å²) in [7, 11) is -2.47. The first-order valence-electron chi connectivity index (χ1n) is 5.70. The highest BCUT2D eigenvalue weighted by molar-refractivity contribution is 7.64. The average Bonchev–Trinajstić information content (AvgIpc) is 2.24. The summed E-state index contributed by atoms with van der Waals surface area (Å²) in [4.78, 5) is 0. The van der Waals surface area contributed by atoms with Crippen LogP contribution in [0.5, 0.6) is 0 Å². The van der Waals surface area contributed by atoms with Crippen molar-refractivity contribution in [1.29, 1.82) is 0 Å². The molecule has 1 heterocycles. The number of rotatable bonds is 1. The first-order valence-corrected chi connectivity index (χ1v) is 15.3. The van der Waals surface area contributed by atoms with E-state index in [0.29, 0.717) is 0 Å². The lowest BCUT2D eigenvalue weighted by atomic mass is 10.4. The molecule has 1 aliphatic heterocycles. The van der Waals surface area contributed by atoms with E-state index in [0.717, 1.165) is 6.61 Å². The SMILES string of the molecule is C[Si]1(C)CCO[SiH2][Si]1(C)c1ccccc1. The van der Waals surface area contributed by atoms with Crippen molar-refractivity contribution in [1.82, 2.24) is 0 Å². The largest absolute Gasteiger partial charge is 0.427 e. The van der Waals surface area contributed by atoms with Crippen LogP contribution >= 0.6 is 0 Å². The van der Waals surface area contributed by atoms with Crippen LogP contribution in [0.1, 0.15) is 0 Å². The predicted octanol–water partition coefficient (Wildman–Crippen LogP) is 1.37. The summed E-state index contributed by atoms with van der Waals surface area (Å²) in [6.07, 6.45) is 0. The van der Waals surface area contributed by atoms with Gasteiger partial charge < -0.3 is 4.43 Å². The fourth-order valence-electron chi connectivity index (χ4n) is 2.35. The first-order chi connectivity index (χ1) is 7.06. The van der Waals surface area contributed by atoms with Gasteiger partial charge in [-0.3, -0.25) is 0 Å². The third kappa shape index (κ3) is 1.91. The van der Waals surface area contributed by atoms with Crippen LogP contribution in [0.2, 0.25) is 25.7 Å². The Hall–Kier alpha value is -0.169. The molecule has 0 spiro atoms. The summed E-state index contributed by atoms with van der Waals surface area (Å²) in [5.41, 5.74) is 0. The number of hydrogen-bond donors (Lipinski definition) is 0. The summed E-state index contributed by atoms with van der Waals surface area (Å²) in [5, 5.41) is 1.66. The van der Waals surface area contributed by atoms with Gasteiger partial charge in [0, 0.05) is 14.2 Å². The van der Waals surface area contributed by atoms with Crippen molar-refractivity contribution in [3.63, 3.8) is 0 Å². The van der Waals surface area contributed by atoms with Crippen LogP contribution in [0.15, 0.2) is 30.3 Å². The van der Waals surface area contributed by atoms with Gasteiger partial charge in [0.25, 0.3) is 0 Å². The molecule has 0 N–H and O–H groups in total. The summed E-state index contributed by atoms with van der Waals surface area (Å²) >= 11 is 0. The van der Waals surface area contributed by atoms with Crippen molar-refractivity contribution in [3.05, 3.63) is 30.3 Å². The fourth-order valence-corrected chi connectivity index (χ4v) is 21.7. The molecule has 0 amide bonds. The topological polar surface area (TPSA) is 9.23 Å². The number of hydrogen-bond acceptors (Lipinski definition) is 1. The van der Waals surface area contributed by atoms with E-state index < -0.39 is 14.7 Å². The van der Waals surface area contributed by atoms with Crippen LogP contribution in [0, 0.1) is 0 Å². The van der Waals surface area contributed by atoms with E-state index in [2.05, 4.69) is 50.0 Å². The van der Waals surface area contributed by atoms with E-state index in [1.165, 1.54) is 6.04 Å². The molecule has 1 saturated heterocycles. The van der Waals surface area contributed by atoms with Gasteiger partial charge in [0.15, 0.2) is 9.28 Å². The molecule has 1 aliphatic rings. The normalized spacial score (nSPS) is 31.7. The van der Waals surface area contributed by atoms with Gasteiger partial charge in [-0.15, -0.1) is 0 Å². The molecule has 82 valence electrons. The second-order valence-electron chi connectivity index (χ2n) is 5.38. The van der Waals surface area contributed by atoms with Crippen LogP contribution in [-0.4, -0.2) is 30.6 Å². The minimum absolute atomic E-state index is 0.276. The molecule has 1 aromatic carbocycles. The van der Waals surface area contributed by atoms with Gasteiger partial charge in [-0.1, -0.05) is 55.2 Å². The third-order valence-corrected chi connectivity index (χ3v) is 35.3. The molecule has 0 saturated carbocycles. The van der Waals surface area contributed by atoms with E-state index in [1.54, 1.807) is 5.19 Å². The van der Waals surface area contributed by atoms with Crippen molar-refractivity contribution in [3.8, 4) is 0 Å². The smallest absolute Gasteiger partial charge is 0.153 e. The van der Waals surface area contributed by atoms with Gasteiger partial charge in [-0.05, 0) is 6.04 Å². The Morgan fingerprint density at radius 1 is 1.13 bits per heavy atom. The van der Waals surface area contributed by atoms with Crippen LogP contribution in [0.4, 0.5) is 0 Å². The zero-order valence-electron chi connectivity index (χ0n) is 9.92. The zero-order chi connectivity index (χ0) is 10.9. The summed E-state index contributed by atoms with van der Waals surface area (Å²) in [6.45, 7) is 8.81. The molecule has 1 aromatic rings. The second kappa shape index (κ2) is 4.01. The fraction of sp³-hybridized carbons (Fsp3) is 0.455. The molecule has 1 unspecified atom stereocenters. The van der Waals surface area contributed by atoms with Gasteiger partial charge in [0.2, 0.25) is 0 Å². The molecule has 2 rings (SSSR count). The Morgan fingerprint density at radius 2 is 1.80 bits per heavy atom. The maximum Gasteiger partial charge on any atom is 0.153 e. The molecule has 0 bridgehead atoms. The molecular formula is C11H20OSi3.